The van der Waals surface area contributed by atoms with Gasteiger partial charge in [0.15, 0.2) is 0 Å². The molecule has 1 heterocycles. The van der Waals surface area contributed by atoms with Gasteiger partial charge in [-0.15, -0.1) is 11.8 Å². The largest absolute Gasteiger partial charge is 1.00 e. The maximum atomic E-state index is 3.69. The molecule has 0 spiro atoms. The molecule has 1 aliphatic heterocycles. The minimum Gasteiger partial charge on any atom is -0.472 e. The summed E-state index contributed by atoms with van der Waals surface area (Å²) in [5.74, 6) is 7.16. The van der Waals surface area contributed by atoms with Crippen LogP contribution in [0.25, 0.3) is 0 Å². The molecule has 1 rings (SSSR count). The molecule has 0 atom stereocenters. The van der Waals surface area contributed by atoms with E-state index in [1.807, 2.05) is 0 Å². The van der Waals surface area contributed by atoms with E-state index in [1.54, 1.807) is 0 Å². The Hall–Kier alpha value is 1.12. The van der Waals surface area contributed by atoms with E-state index in [-0.39, 0.29) is 51.4 Å². The molecule has 2 nitrogen and oxygen atoms in total. The Labute approximate surface area is 143 Å². The second-order valence-electron chi connectivity index (χ2n) is 4.20. The van der Waals surface area contributed by atoms with Gasteiger partial charge < -0.3 is 10.2 Å². The minimum atomic E-state index is 0. The standard InChI is InChI=1S/C13H23N2.K/c1-3-4-5-6-9-15-10-7-13(8-11-15)12-14-2;/h13-14H,2-3,6-12H2,1H3;/q-1;+1. The first-order valence-electron chi connectivity index (χ1n) is 6.04. The molecule has 0 aromatic heterocycles. The minimum absolute atomic E-state index is 0. The van der Waals surface area contributed by atoms with E-state index < -0.39 is 0 Å². The van der Waals surface area contributed by atoms with Crippen molar-refractivity contribution in [3.63, 3.8) is 0 Å². The fraction of sp³-hybridized carbons (Fsp3) is 0.769. The van der Waals surface area contributed by atoms with Gasteiger partial charge in [0.1, 0.15) is 0 Å². The molecule has 1 aliphatic rings. The van der Waals surface area contributed by atoms with E-state index in [4.69, 9.17) is 0 Å². The van der Waals surface area contributed by atoms with Crippen molar-refractivity contribution in [2.24, 2.45) is 5.92 Å². The third kappa shape index (κ3) is 7.44. The number of nitrogens with one attached hydrogen (secondary N) is 1. The number of hydrogen-bond donors (Lipinski definition) is 1. The molecule has 0 radical (unpaired) electrons. The molecule has 0 amide bonds. The van der Waals surface area contributed by atoms with Crippen molar-refractivity contribution in [3.05, 3.63) is 7.05 Å². The van der Waals surface area contributed by atoms with Crippen LogP contribution < -0.4 is 56.7 Å². The van der Waals surface area contributed by atoms with Gasteiger partial charge in [0.05, 0.1) is 0 Å². The molecule has 86 valence electrons. The predicted octanol–water partition coefficient (Wildman–Crippen LogP) is -1.11. The average molecular weight is 246 g/mol. The van der Waals surface area contributed by atoms with E-state index in [0.717, 1.165) is 31.8 Å². The summed E-state index contributed by atoms with van der Waals surface area (Å²) in [6, 6.07) is 0. The first kappa shape index (κ1) is 17.1. The zero-order valence-electron chi connectivity index (χ0n) is 10.9. The molecular weight excluding hydrogens is 223 g/mol. The number of likely N-dealkylation sites (tertiary alicyclic amines) is 1. The Morgan fingerprint density at radius 2 is 2.00 bits per heavy atom. The average Bonchev–Trinajstić information content (AvgIpc) is 2.27. The van der Waals surface area contributed by atoms with E-state index in [0.29, 0.717) is 0 Å². The van der Waals surface area contributed by atoms with Crippen LogP contribution in [0.4, 0.5) is 0 Å². The summed E-state index contributed by atoms with van der Waals surface area (Å²) in [6.07, 6.45) is 4.64. The molecule has 0 bridgehead atoms. The Morgan fingerprint density at radius 3 is 2.56 bits per heavy atom. The van der Waals surface area contributed by atoms with Crippen LogP contribution in [-0.2, 0) is 0 Å². The van der Waals surface area contributed by atoms with Crippen LogP contribution in [0.15, 0.2) is 0 Å². The molecule has 0 unspecified atom stereocenters. The first-order chi connectivity index (χ1) is 7.36. The molecule has 1 fully saturated rings. The van der Waals surface area contributed by atoms with Crippen molar-refractivity contribution in [3.8, 4) is 11.8 Å². The molecule has 3 heteroatoms. The van der Waals surface area contributed by atoms with Gasteiger partial charge in [-0.2, -0.15) is 0 Å². The molecular formula is C13H23KN2. The normalized spacial score (nSPS) is 17.4. The third-order valence-electron chi connectivity index (χ3n) is 2.99. The second kappa shape index (κ2) is 11.2. The maximum absolute atomic E-state index is 3.69. The van der Waals surface area contributed by atoms with E-state index >= 15 is 0 Å². The van der Waals surface area contributed by atoms with Crippen LogP contribution in [0.1, 0.15) is 32.6 Å². The number of piperidine rings is 1. The van der Waals surface area contributed by atoms with Crippen LogP contribution in [0, 0.1) is 24.8 Å². The van der Waals surface area contributed by atoms with Crippen molar-refractivity contribution in [1.29, 1.82) is 0 Å². The van der Waals surface area contributed by atoms with E-state index in [9.17, 15) is 0 Å². The quantitative estimate of drug-likeness (QED) is 0.384. The number of nitrogens with zero attached hydrogens (tertiary/aromatic N) is 1. The van der Waals surface area contributed by atoms with Crippen LogP contribution in [0.2, 0.25) is 0 Å². The van der Waals surface area contributed by atoms with Gasteiger partial charge in [-0.25, -0.2) is 0 Å². The topological polar surface area (TPSA) is 15.3 Å². The SMILES string of the molecule is [CH2-]NCC1CCN(CCC#CCC)CC1.[K+]. The smallest absolute Gasteiger partial charge is 0.472 e. The summed E-state index contributed by atoms with van der Waals surface area (Å²) in [5, 5.41) is 3.02. The zero-order valence-corrected chi connectivity index (χ0v) is 14.0. The summed E-state index contributed by atoms with van der Waals surface area (Å²) in [7, 11) is 3.69. The summed E-state index contributed by atoms with van der Waals surface area (Å²) in [6.45, 7) is 6.80. The van der Waals surface area contributed by atoms with Crippen molar-refractivity contribution in [2.45, 2.75) is 32.6 Å². The van der Waals surface area contributed by atoms with Crippen LogP contribution >= 0.6 is 0 Å². The summed E-state index contributed by atoms with van der Waals surface area (Å²) in [5.41, 5.74) is 0. The molecule has 16 heavy (non-hydrogen) atoms. The van der Waals surface area contributed by atoms with Gasteiger partial charge >= 0.3 is 51.4 Å². The van der Waals surface area contributed by atoms with Crippen molar-refractivity contribution >= 4 is 0 Å². The monoisotopic (exact) mass is 246 g/mol. The van der Waals surface area contributed by atoms with Crippen molar-refractivity contribution in [2.75, 3.05) is 26.2 Å². The fourth-order valence-electron chi connectivity index (χ4n) is 2.05. The molecule has 0 aromatic carbocycles. The second-order valence-corrected chi connectivity index (χ2v) is 4.20. The Balaban J connectivity index is 0.00000225. The first-order valence-corrected chi connectivity index (χ1v) is 6.04. The molecule has 1 saturated heterocycles. The number of rotatable bonds is 4. The van der Waals surface area contributed by atoms with E-state index in [1.165, 1.54) is 25.9 Å². The fourth-order valence-corrected chi connectivity index (χ4v) is 2.05. The zero-order chi connectivity index (χ0) is 10.9. The van der Waals surface area contributed by atoms with Crippen LogP contribution in [-0.4, -0.2) is 31.1 Å². The maximum Gasteiger partial charge on any atom is 1.00 e. The molecule has 0 aromatic rings. The Morgan fingerprint density at radius 1 is 1.31 bits per heavy atom. The summed E-state index contributed by atoms with van der Waals surface area (Å²) >= 11 is 0. The summed E-state index contributed by atoms with van der Waals surface area (Å²) in [4.78, 5) is 2.53. The van der Waals surface area contributed by atoms with Gasteiger partial charge in [-0.3, -0.25) is 7.05 Å². The van der Waals surface area contributed by atoms with Crippen molar-refractivity contribution in [1.82, 2.24) is 10.2 Å². The van der Waals surface area contributed by atoms with Crippen molar-refractivity contribution < 1.29 is 51.4 Å². The summed E-state index contributed by atoms with van der Waals surface area (Å²) < 4.78 is 0. The van der Waals surface area contributed by atoms with Gasteiger partial charge in [0, 0.05) is 19.4 Å². The van der Waals surface area contributed by atoms with Gasteiger partial charge in [-0.1, -0.05) is 6.92 Å². The predicted molar refractivity (Wildman–Crippen MR) is 65.2 cm³/mol. The van der Waals surface area contributed by atoms with Crippen LogP contribution in [0.3, 0.4) is 0 Å². The van der Waals surface area contributed by atoms with Gasteiger partial charge in [-0.05, 0) is 38.4 Å². The third-order valence-corrected chi connectivity index (χ3v) is 2.99. The Bertz CT molecular complexity index is 212. The van der Waals surface area contributed by atoms with E-state index in [2.05, 4.69) is 36.0 Å². The Kier molecular flexibility index (Phi) is 12.0. The van der Waals surface area contributed by atoms with Crippen LogP contribution in [0.5, 0.6) is 0 Å². The molecule has 1 N–H and O–H groups in total. The van der Waals surface area contributed by atoms with Gasteiger partial charge in [0.25, 0.3) is 0 Å². The van der Waals surface area contributed by atoms with Gasteiger partial charge in [0.2, 0.25) is 0 Å². The molecule has 0 saturated carbocycles. The number of hydrogen-bond acceptors (Lipinski definition) is 2. The molecule has 0 aliphatic carbocycles.